The second kappa shape index (κ2) is 8.92. The summed E-state index contributed by atoms with van der Waals surface area (Å²) in [5.41, 5.74) is 9.17. The first-order chi connectivity index (χ1) is 20.8. The number of hydrogen-bond donors (Lipinski definition) is 0. The Hall–Kier alpha value is -5.67. The molecule has 0 fully saturated rings. The van der Waals surface area contributed by atoms with Crippen molar-refractivity contribution in [3.63, 3.8) is 0 Å². The highest BCUT2D eigenvalue weighted by molar-refractivity contribution is 6.21. The Morgan fingerprint density at radius 1 is 0.429 bits per heavy atom. The Balaban J connectivity index is 1.28. The first-order valence-electron chi connectivity index (χ1n) is 14.3. The van der Waals surface area contributed by atoms with Crippen LogP contribution in [0.5, 0.6) is 0 Å². The summed E-state index contributed by atoms with van der Waals surface area (Å²) in [6.45, 7) is 0. The number of nitrogens with zero attached hydrogens (tertiary/aromatic N) is 3. The van der Waals surface area contributed by atoms with E-state index in [1.807, 2.05) is 12.1 Å². The maximum Gasteiger partial charge on any atom is 0.137 e. The average Bonchev–Trinajstić information content (AvgIpc) is 3.63. The third-order valence-electron chi connectivity index (χ3n) is 8.55. The fourth-order valence-corrected chi connectivity index (χ4v) is 6.75. The van der Waals surface area contributed by atoms with E-state index in [1.165, 1.54) is 60.0 Å². The molecule has 9 rings (SSSR count). The smallest absolute Gasteiger partial charge is 0.137 e. The molecule has 0 aliphatic heterocycles. The zero-order chi connectivity index (χ0) is 27.6. The van der Waals surface area contributed by atoms with E-state index in [-0.39, 0.29) is 0 Å². The molecule has 0 aliphatic carbocycles. The Labute approximate surface area is 242 Å². The predicted octanol–water partition coefficient (Wildman–Crippen LogP) is 10.1. The van der Waals surface area contributed by atoms with Gasteiger partial charge < -0.3 is 8.97 Å². The van der Waals surface area contributed by atoms with Crippen LogP contribution < -0.4 is 0 Å². The van der Waals surface area contributed by atoms with Crippen LogP contribution in [0.4, 0.5) is 0 Å². The van der Waals surface area contributed by atoms with Gasteiger partial charge in [0.25, 0.3) is 0 Å². The topological polar surface area (TPSA) is 22.2 Å². The van der Waals surface area contributed by atoms with E-state index in [0.29, 0.717) is 0 Å². The van der Waals surface area contributed by atoms with Crippen LogP contribution in [-0.4, -0.2) is 14.0 Å². The van der Waals surface area contributed by atoms with Gasteiger partial charge in [0.1, 0.15) is 5.65 Å². The van der Waals surface area contributed by atoms with Crippen molar-refractivity contribution in [3.8, 4) is 28.1 Å². The molecule has 0 saturated heterocycles. The molecule has 3 nitrogen and oxygen atoms in total. The molecule has 0 atom stereocenters. The molecule has 9 aromatic rings. The van der Waals surface area contributed by atoms with Crippen molar-refractivity contribution >= 4 is 49.0 Å². The summed E-state index contributed by atoms with van der Waals surface area (Å²) in [6.07, 6.45) is 4.20. The van der Waals surface area contributed by atoms with E-state index >= 15 is 0 Å². The zero-order valence-corrected chi connectivity index (χ0v) is 22.8. The Kier molecular flexibility index (Phi) is 4.90. The Morgan fingerprint density at radius 3 is 1.50 bits per heavy atom. The average molecular weight is 536 g/mol. The van der Waals surface area contributed by atoms with Gasteiger partial charge >= 0.3 is 0 Å². The predicted molar refractivity (Wildman–Crippen MR) is 175 cm³/mol. The van der Waals surface area contributed by atoms with Crippen LogP contribution in [-0.2, 0) is 0 Å². The van der Waals surface area contributed by atoms with E-state index in [1.54, 1.807) is 0 Å². The van der Waals surface area contributed by atoms with Crippen molar-refractivity contribution in [2.24, 2.45) is 0 Å². The molecule has 3 heteroatoms. The molecule has 0 radical (unpaired) electrons. The minimum Gasteiger partial charge on any atom is -0.309 e. The maximum atomic E-state index is 5.04. The lowest BCUT2D eigenvalue weighted by Gasteiger charge is -2.17. The first kappa shape index (κ1) is 23.1. The number of para-hydroxylation sites is 2. The number of aromatic nitrogens is 3. The van der Waals surface area contributed by atoms with Crippen LogP contribution in [0.1, 0.15) is 0 Å². The van der Waals surface area contributed by atoms with Crippen LogP contribution in [0.2, 0.25) is 0 Å². The van der Waals surface area contributed by atoms with Crippen LogP contribution >= 0.6 is 0 Å². The molecule has 0 amide bonds. The van der Waals surface area contributed by atoms with Gasteiger partial charge in [-0.25, -0.2) is 4.98 Å². The number of fused-ring (bicyclic) bond motifs is 6. The second-order valence-electron chi connectivity index (χ2n) is 10.9. The van der Waals surface area contributed by atoms with Gasteiger partial charge in [0.15, 0.2) is 0 Å². The highest BCUT2D eigenvalue weighted by Crippen LogP contribution is 2.43. The van der Waals surface area contributed by atoms with Crippen LogP contribution in [0, 0.1) is 0 Å². The standard InChI is InChI=1S/C39H25N3/c1-3-15-32-30(13-1)38(31-14-2-4-16-33(31)39(32)34-25-41-24-10-9-19-37(41)40-34)26-20-22-27(23-21-26)42-35-17-7-5-11-28(35)29-12-6-8-18-36(29)42/h1-25H. The van der Waals surface area contributed by atoms with E-state index in [0.717, 1.165) is 17.0 Å². The Morgan fingerprint density at radius 2 is 0.929 bits per heavy atom. The zero-order valence-electron chi connectivity index (χ0n) is 22.8. The van der Waals surface area contributed by atoms with E-state index < -0.39 is 0 Å². The largest absolute Gasteiger partial charge is 0.309 e. The second-order valence-corrected chi connectivity index (χ2v) is 10.9. The van der Waals surface area contributed by atoms with Crippen molar-refractivity contribution in [1.29, 1.82) is 0 Å². The fraction of sp³-hybridized carbons (Fsp3) is 0. The van der Waals surface area contributed by atoms with Crippen molar-refractivity contribution < 1.29 is 0 Å². The summed E-state index contributed by atoms with van der Waals surface area (Å²) in [7, 11) is 0. The van der Waals surface area contributed by atoms with Crippen molar-refractivity contribution in [2.75, 3.05) is 0 Å². The number of pyridine rings is 1. The molecular formula is C39H25N3. The van der Waals surface area contributed by atoms with Gasteiger partial charge in [-0.05, 0) is 69.1 Å². The van der Waals surface area contributed by atoms with E-state index in [2.05, 4.69) is 149 Å². The van der Waals surface area contributed by atoms with Gasteiger partial charge in [0.05, 0.1) is 16.7 Å². The van der Waals surface area contributed by atoms with Crippen LogP contribution in [0.15, 0.2) is 152 Å². The minimum atomic E-state index is 0.949. The van der Waals surface area contributed by atoms with Crippen molar-refractivity contribution in [2.45, 2.75) is 0 Å². The molecule has 0 spiro atoms. The first-order valence-corrected chi connectivity index (χ1v) is 14.3. The summed E-state index contributed by atoms with van der Waals surface area (Å²) >= 11 is 0. The number of benzene rings is 6. The molecule has 0 N–H and O–H groups in total. The third-order valence-corrected chi connectivity index (χ3v) is 8.55. The lowest BCUT2D eigenvalue weighted by atomic mass is 9.87. The third kappa shape index (κ3) is 3.31. The number of hydrogen-bond acceptors (Lipinski definition) is 1. The van der Waals surface area contributed by atoms with Crippen molar-refractivity contribution in [3.05, 3.63) is 152 Å². The van der Waals surface area contributed by atoms with Gasteiger partial charge in [-0.2, -0.15) is 0 Å². The molecule has 3 heterocycles. The van der Waals surface area contributed by atoms with Crippen LogP contribution in [0.25, 0.3) is 77.1 Å². The molecule has 0 aliphatic rings. The monoisotopic (exact) mass is 535 g/mol. The number of rotatable bonds is 3. The Bertz CT molecular complexity index is 2320. The van der Waals surface area contributed by atoms with Gasteiger partial charge in [-0.1, -0.05) is 103 Å². The van der Waals surface area contributed by atoms with Gasteiger partial charge in [-0.15, -0.1) is 0 Å². The normalized spacial score (nSPS) is 11.8. The molecule has 0 unspecified atom stereocenters. The summed E-state index contributed by atoms with van der Waals surface area (Å²) in [4.78, 5) is 5.04. The van der Waals surface area contributed by atoms with Gasteiger partial charge in [0.2, 0.25) is 0 Å². The molecule has 6 aromatic carbocycles. The van der Waals surface area contributed by atoms with Gasteiger partial charge in [-0.3, -0.25) is 0 Å². The quantitative estimate of drug-likeness (QED) is 0.206. The van der Waals surface area contributed by atoms with Crippen molar-refractivity contribution in [1.82, 2.24) is 14.0 Å². The molecule has 42 heavy (non-hydrogen) atoms. The lowest BCUT2D eigenvalue weighted by Crippen LogP contribution is -1.94. The summed E-state index contributed by atoms with van der Waals surface area (Å²) in [5.74, 6) is 0. The summed E-state index contributed by atoms with van der Waals surface area (Å²) in [6, 6.07) is 50.0. The minimum absolute atomic E-state index is 0.949. The molecule has 0 saturated carbocycles. The molecular weight excluding hydrogens is 510 g/mol. The molecule has 3 aromatic heterocycles. The highest BCUT2D eigenvalue weighted by atomic mass is 15.0. The highest BCUT2D eigenvalue weighted by Gasteiger charge is 2.18. The number of imidazole rings is 1. The fourth-order valence-electron chi connectivity index (χ4n) is 6.75. The van der Waals surface area contributed by atoms with Crippen LogP contribution in [0.3, 0.4) is 0 Å². The molecule has 0 bridgehead atoms. The molecule has 196 valence electrons. The summed E-state index contributed by atoms with van der Waals surface area (Å²) < 4.78 is 4.47. The summed E-state index contributed by atoms with van der Waals surface area (Å²) in [5, 5.41) is 7.43. The van der Waals surface area contributed by atoms with Gasteiger partial charge in [0, 0.05) is 34.4 Å². The lowest BCUT2D eigenvalue weighted by molar-refractivity contribution is 1.18. The van der Waals surface area contributed by atoms with E-state index in [4.69, 9.17) is 4.98 Å². The SMILES string of the molecule is c1ccc2c(-c3cn4ccccc4n3)c3ccccc3c(-c3ccc(-n4c5ccccc5c5ccccc54)cc3)c2c1. The van der Waals surface area contributed by atoms with E-state index in [9.17, 15) is 0 Å². The maximum absolute atomic E-state index is 5.04.